The summed E-state index contributed by atoms with van der Waals surface area (Å²) in [6.07, 6.45) is 11.3. The van der Waals surface area contributed by atoms with E-state index in [0.717, 1.165) is 6.04 Å². The van der Waals surface area contributed by atoms with Gasteiger partial charge >= 0.3 is 0 Å². The molecule has 1 saturated heterocycles. The highest BCUT2D eigenvalue weighted by atomic mass is 15.1. The average molecular weight is 197 g/mol. The Bertz CT molecular complexity index is 125. The number of hydrogen-bond acceptors (Lipinski definition) is 1. The van der Waals surface area contributed by atoms with E-state index in [1.165, 1.54) is 64.5 Å². The van der Waals surface area contributed by atoms with Crippen LogP contribution in [0.4, 0.5) is 0 Å². The van der Waals surface area contributed by atoms with Crippen LogP contribution in [0.1, 0.15) is 65.2 Å². The van der Waals surface area contributed by atoms with Crippen molar-refractivity contribution in [2.24, 2.45) is 0 Å². The smallest absolute Gasteiger partial charge is 0.00925 e. The highest BCUT2D eigenvalue weighted by Crippen LogP contribution is 2.17. The molecule has 1 nitrogen and oxygen atoms in total. The molecule has 1 rings (SSSR count). The second-order valence-corrected chi connectivity index (χ2v) is 4.65. The van der Waals surface area contributed by atoms with Gasteiger partial charge in [0.2, 0.25) is 0 Å². The van der Waals surface area contributed by atoms with E-state index >= 15 is 0 Å². The van der Waals surface area contributed by atoms with Gasteiger partial charge in [0, 0.05) is 6.04 Å². The Hall–Kier alpha value is -0.0400. The van der Waals surface area contributed by atoms with Gasteiger partial charge in [0.05, 0.1) is 0 Å². The second-order valence-electron chi connectivity index (χ2n) is 4.65. The Morgan fingerprint density at radius 1 is 0.929 bits per heavy atom. The predicted molar refractivity (Wildman–Crippen MR) is 63.6 cm³/mol. The van der Waals surface area contributed by atoms with Gasteiger partial charge in [-0.2, -0.15) is 0 Å². The molecule has 0 aromatic heterocycles. The molecule has 1 unspecified atom stereocenters. The molecule has 0 aromatic rings. The van der Waals surface area contributed by atoms with Gasteiger partial charge in [0.15, 0.2) is 0 Å². The number of likely N-dealkylation sites (tertiary alicyclic amines) is 1. The fourth-order valence-electron chi connectivity index (χ4n) is 2.62. The van der Waals surface area contributed by atoms with Crippen molar-refractivity contribution in [3.63, 3.8) is 0 Å². The van der Waals surface area contributed by atoms with Gasteiger partial charge in [-0.1, -0.05) is 39.5 Å². The van der Waals surface area contributed by atoms with E-state index < -0.39 is 0 Å². The van der Waals surface area contributed by atoms with E-state index in [-0.39, 0.29) is 0 Å². The lowest BCUT2D eigenvalue weighted by Crippen LogP contribution is -2.37. The van der Waals surface area contributed by atoms with E-state index in [0.29, 0.717) is 0 Å². The first-order chi connectivity index (χ1) is 6.88. The van der Waals surface area contributed by atoms with Gasteiger partial charge in [0.25, 0.3) is 0 Å². The Labute approximate surface area is 89.9 Å². The van der Waals surface area contributed by atoms with Crippen LogP contribution >= 0.6 is 0 Å². The Balaban J connectivity index is 2.35. The first kappa shape index (κ1) is 12.0. The van der Waals surface area contributed by atoms with Crippen LogP contribution < -0.4 is 0 Å². The molecule has 14 heavy (non-hydrogen) atoms. The molecule has 1 heterocycles. The molecular weight excluding hydrogens is 170 g/mol. The number of rotatable bonds is 4. The van der Waals surface area contributed by atoms with E-state index in [1.54, 1.807) is 0 Å². The summed E-state index contributed by atoms with van der Waals surface area (Å²) in [7, 11) is 0. The minimum atomic E-state index is 0.873. The van der Waals surface area contributed by atoms with Crippen molar-refractivity contribution in [2.45, 2.75) is 71.3 Å². The molecule has 1 aliphatic rings. The topological polar surface area (TPSA) is 3.24 Å². The summed E-state index contributed by atoms with van der Waals surface area (Å²) >= 11 is 0. The van der Waals surface area contributed by atoms with Gasteiger partial charge in [-0.15, -0.1) is 0 Å². The molecule has 0 aromatic carbocycles. The molecular formula is C13H27N. The van der Waals surface area contributed by atoms with Gasteiger partial charge in [-0.3, -0.25) is 0 Å². The second kappa shape index (κ2) is 7.28. The standard InChI is InChI=1S/C13H27N/c1-3-10-13(4-2)14-11-8-6-5-7-9-12-14/h13H,3-12H2,1-2H3. The zero-order valence-corrected chi connectivity index (χ0v) is 10.1. The predicted octanol–water partition coefficient (Wildman–Crippen LogP) is 3.83. The summed E-state index contributed by atoms with van der Waals surface area (Å²) in [5.74, 6) is 0. The molecule has 1 aliphatic heterocycles. The third-order valence-electron chi connectivity index (χ3n) is 3.50. The van der Waals surface area contributed by atoms with Crippen molar-refractivity contribution in [3.05, 3.63) is 0 Å². The average Bonchev–Trinajstić information content (AvgIpc) is 2.15. The van der Waals surface area contributed by atoms with Gasteiger partial charge in [-0.05, 0) is 38.8 Å². The van der Waals surface area contributed by atoms with Crippen molar-refractivity contribution in [2.75, 3.05) is 13.1 Å². The highest BCUT2D eigenvalue weighted by molar-refractivity contribution is 4.71. The highest BCUT2D eigenvalue weighted by Gasteiger charge is 2.16. The van der Waals surface area contributed by atoms with E-state index in [9.17, 15) is 0 Å². The number of hydrogen-bond donors (Lipinski definition) is 0. The Morgan fingerprint density at radius 2 is 1.50 bits per heavy atom. The number of nitrogens with zero attached hydrogens (tertiary/aromatic N) is 1. The van der Waals surface area contributed by atoms with E-state index in [1.807, 2.05) is 0 Å². The molecule has 1 heteroatoms. The van der Waals surface area contributed by atoms with Crippen LogP contribution in [0, 0.1) is 0 Å². The molecule has 0 N–H and O–H groups in total. The van der Waals surface area contributed by atoms with Crippen molar-refractivity contribution in [1.29, 1.82) is 0 Å². The van der Waals surface area contributed by atoms with Crippen LogP contribution in [0.3, 0.4) is 0 Å². The minimum absolute atomic E-state index is 0.873. The summed E-state index contributed by atoms with van der Waals surface area (Å²) in [4.78, 5) is 2.75. The van der Waals surface area contributed by atoms with Crippen LogP contribution in [-0.2, 0) is 0 Å². The molecule has 0 saturated carbocycles. The van der Waals surface area contributed by atoms with Crippen molar-refractivity contribution in [1.82, 2.24) is 4.90 Å². The lowest BCUT2D eigenvalue weighted by atomic mass is 10.0. The molecule has 0 spiro atoms. The van der Waals surface area contributed by atoms with Crippen LogP contribution in [0.5, 0.6) is 0 Å². The van der Waals surface area contributed by atoms with E-state index in [4.69, 9.17) is 0 Å². The van der Waals surface area contributed by atoms with Crippen LogP contribution in [0.15, 0.2) is 0 Å². The molecule has 1 atom stereocenters. The van der Waals surface area contributed by atoms with Gasteiger partial charge in [-0.25, -0.2) is 0 Å². The fraction of sp³-hybridized carbons (Fsp3) is 1.00. The largest absolute Gasteiger partial charge is 0.300 e. The lowest BCUT2D eigenvalue weighted by molar-refractivity contribution is 0.165. The Morgan fingerprint density at radius 3 is 2.00 bits per heavy atom. The van der Waals surface area contributed by atoms with Crippen LogP contribution in [0.2, 0.25) is 0 Å². The zero-order valence-electron chi connectivity index (χ0n) is 10.1. The fourth-order valence-corrected chi connectivity index (χ4v) is 2.62. The normalized spacial score (nSPS) is 22.7. The van der Waals surface area contributed by atoms with Gasteiger partial charge in [0.1, 0.15) is 0 Å². The van der Waals surface area contributed by atoms with Gasteiger partial charge < -0.3 is 4.90 Å². The quantitative estimate of drug-likeness (QED) is 0.662. The molecule has 1 fully saturated rings. The van der Waals surface area contributed by atoms with E-state index in [2.05, 4.69) is 18.7 Å². The zero-order chi connectivity index (χ0) is 10.2. The summed E-state index contributed by atoms with van der Waals surface area (Å²) < 4.78 is 0. The minimum Gasteiger partial charge on any atom is -0.300 e. The SMILES string of the molecule is CCCC(CC)N1CCCCCCC1. The summed E-state index contributed by atoms with van der Waals surface area (Å²) in [6, 6.07) is 0.873. The van der Waals surface area contributed by atoms with Crippen molar-refractivity contribution < 1.29 is 0 Å². The third-order valence-corrected chi connectivity index (χ3v) is 3.50. The lowest BCUT2D eigenvalue weighted by Gasteiger charge is -2.32. The van der Waals surface area contributed by atoms with Crippen LogP contribution in [0.25, 0.3) is 0 Å². The molecule has 0 aliphatic carbocycles. The molecule has 84 valence electrons. The summed E-state index contributed by atoms with van der Waals surface area (Å²) in [5, 5.41) is 0. The Kier molecular flexibility index (Phi) is 6.25. The molecule has 0 bridgehead atoms. The summed E-state index contributed by atoms with van der Waals surface area (Å²) in [6.45, 7) is 7.38. The molecule has 0 amide bonds. The van der Waals surface area contributed by atoms with Crippen LogP contribution in [-0.4, -0.2) is 24.0 Å². The molecule has 0 radical (unpaired) electrons. The van der Waals surface area contributed by atoms with Crippen molar-refractivity contribution >= 4 is 0 Å². The first-order valence-corrected chi connectivity index (χ1v) is 6.62. The monoisotopic (exact) mass is 197 g/mol. The maximum absolute atomic E-state index is 2.75. The maximum atomic E-state index is 2.75. The third kappa shape index (κ3) is 4.00. The maximum Gasteiger partial charge on any atom is 0.00925 e. The van der Waals surface area contributed by atoms with Crippen molar-refractivity contribution in [3.8, 4) is 0 Å². The first-order valence-electron chi connectivity index (χ1n) is 6.62. The summed E-state index contributed by atoms with van der Waals surface area (Å²) in [5.41, 5.74) is 0.